The number of aliphatic hydroxyl groups excluding tert-OH is 1. The molecule has 2 rings (SSSR count). The second-order valence-corrected chi connectivity index (χ2v) is 5.51. The predicted octanol–water partition coefficient (Wildman–Crippen LogP) is 0.522. The van der Waals surface area contributed by atoms with Crippen molar-refractivity contribution in [1.29, 1.82) is 0 Å². The maximum Gasteiger partial charge on any atom is 0.338 e. The highest BCUT2D eigenvalue weighted by Crippen LogP contribution is 2.26. The van der Waals surface area contributed by atoms with Gasteiger partial charge >= 0.3 is 11.9 Å². The van der Waals surface area contributed by atoms with Gasteiger partial charge in [-0.3, -0.25) is 4.79 Å². The summed E-state index contributed by atoms with van der Waals surface area (Å²) in [4.78, 5) is 23.3. The fourth-order valence-electron chi connectivity index (χ4n) is 2.61. The first-order chi connectivity index (χ1) is 12.0. The first-order valence-corrected chi connectivity index (χ1v) is 7.76. The molecule has 1 fully saturated rings. The first kappa shape index (κ1) is 19.3. The number of methoxy groups -OCH3 is 2. The fourth-order valence-corrected chi connectivity index (χ4v) is 2.61. The van der Waals surface area contributed by atoms with Crippen molar-refractivity contribution in [2.45, 2.75) is 37.6 Å². The van der Waals surface area contributed by atoms with E-state index in [2.05, 4.69) is 0 Å². The van der Waals surface area contributed by atoms with Crippen LogP contribution in [0.5, 0.6) is 0 Å². The Morgan fingerprint density at radius 3 is 2.36 bits per heavy atom. The zero-order valence-electron chi connectivity index (χ0n) is 14.3. The second kappa shape index (κ2) is 8.91. The summed E-state index contributed by atoms with van der Waals surface area (Å²) in [6, 6.07) is 8.43. The number of ether oxygens (including phenoxy) is 5. The summed E-state index contributed by atoms with van der Waals surface area (Å²) in [7, 11) is 2.78. The number of benzene rings is 1. The molecule has 0 unspecified atom stereocenters. The Morgan fingerprint density at radius 2 is 1.80 bits per heavy atom. The molecule has 0 amide bonds. The standard InChI is InChI=1S/C17H22O8/c1-10(18)24-14-13(19)12(25-17(22-3)15(14)21-2)9-23-16(20)11-7-5-4-6-8-11/h4-8,12-15,17,19H,9H2,1-3H3/t12-,13-,14-,15+,17+/m1/s1. The van der Waals surface area contributed by atoms with Gasteiger partial charge in [-0.1, -0.05) is 18.2 Å². The van der Waals surface area contributed by atoms with E-state index in [-0.39, 0.29) is 6.61 Å². The predicted molar refractivity (Wildman–Crippen MR) is 84.8 cm³/mol. The molecule has 1 aromatic rings. The average Bonchev–Trinajstić information content (AvgIpc) is 2.62. The highest BCUT2D eigenvalue weighted by molar-refractivity contribution is 5.89. The van der Waals surface area contributed by atoms with Crippen molar-refractivity contribution in [3.05, 3.63) is 35.9 Å². The van der Waals surface area contributed by atoms with E-state index in [0.29, 0.717) is 5.56 Å². The number of aliphatic hydroxyl groups is 1. The van der Waals surface area contributed by atoms with Crippen molar-refractivity contribution in [1.82, 2.24) is 0 Å². The van der Waals surface area contributed by atoms with Crippen molar-refractivity contribution in [3.63, 3.8) is 0 Å². The maximum absolute atomic E-state index is 12.0. The third-order valence-corrected chi connectivity index (χ3v) is 3.81. The monoisotopic (exact) mass is 354 g/mol. The molecule has 1 heterocycles. The lowest BCUT2D eigenvalue weighted by Crippen LogP contribution is -2.61. The highest BCUT2D eigenvalue weighted by Gasteiger charge is 2.48. The molecule has 138 valence electrons. The van der Waals surface area contributed by atoms with Crippen molar-refractivity contribution < 1.29 is 38.4 Å². The van der Waals surface area contributed by atoms with Crippen LogP contribution in [0.25, 0.3) is 0 Å². The van der Waals surface area contributed by atoms with E-state index >= 15 is 0 Å². The Kier molecular flexibility index (Phi) is 6.89. The lowest BCUT2D eigenvalue weighted by Gasteiger charge is -2.42. The van der Waals surface area contributed by atoms with E-state index in [1.807, 2.05) is 0 Å². The molecule has 0 spiro atoms. The van der Waals surface area contributed by atoms with Crippen molar-refractivity contribution >= 4 is 11.9 Å². The molecule has 0 bridgehead atoms. The molecule has 1 aromatic carbocycles. The number of esters is 2. The minimum atomic E-state index is -1.25. The molecule has 1 N–H and O–H groups in total. The Morgan fingerprint density at radius 1 is 1.12 bits per heavy atom. The van der Waals surface area contributed by atoms with Crippen LogP contribution < -0.4 is 0 Å². The molecule has 0 aromatic heterocycles. The normalized spacial score (nSPS) is 29.0. The van der Waals surface area contributed by atoms with Gasteiger partial charge in [0.2, 0.25) is 0 Å². The molecule has 8 nitrogen and oxygen atoms in total. The summed E-state index contributed by atoms with van der Waals surface area (Å²) in [5.41, 5.74) is 0.377. The van der Waals surface area contributed by atoms with Crippen molar-refractivity contribution in [3.8, 4) is 0 Å². The number of hydrogen-bond donors (Lipinski definition) is 1. The van der Waals surface area contributed by atoms with Gasteiger partial charge in [-0.05, 0) is 12.1 Å². The van der Waals surface area contributed by atoms with E-state index in [4.69, 9.17) is 23.7 Å². The number of carbonyl (C=O) groups is 2. The molecule has 8 heteroatoms. The summed E-state index contributed by atoms with van der Waals surface area (Å²) >= 11 is 0. The molecule has 0 radical (unpaired) electrons. The zero-order chi connectivity index (χ0) is 18.4. The molecule has 25 heavy (non-hydrogen) atoms. The zero-order valence-corrected chi connectivity index (χ0v) is 14.3. The fraction of sp³-hybridized carbons (Fsp3) is 0.529. The van der Waals surface area contributed by atoms with Crippen LogP contribution >= 0.6 is 0 Å². The molecule has 5 atom stereocenters. The van der Waals surface area contributed by atoms with Gasteiger partial charge in [-0.25, -0.2) is 4.79 Å². The highest BCUT2D eigenvalue weighted by atomic mass is 16.7. The quantitative estimate of drug-likeness (QED) is 0.738. The Balaban J connectivity index is 2.06. The Bertz CT molecular complexity index is 575. The maximum atomic E-state index is 12.0. The molecule has 0 saturated carbocycles. The molecular formula is C17H22O8. The summed E-state index contributed by atoms with van der Waals surface area (Å²) in [5, 5.41) is 10.4. The van der Waals surface area contributed by atoms with Gasteiger partial charge < -0.3 is 28.8 Å². The summed E-state index contributed by atoms with van der Waals surface area (Å²) < 4.78 is 26.3. The molecule has 1 aliphatic rings. The summed E-state index contributed by atoms with van der Waals surface area (Å²) in [5.74, 6) is -1.13. The smallest absolute Gasteiger partial charge is 0.338 e. The van der Waals surface area contributed by atoms with Crippen LogP contribution in [0.3, 0.4) is 0 Å². The molecule has 0 aliphatic carbocycles. The minimum absolute atomic E-state index is 0.233. The SMILES string of the molecule is CO[C@H]1O[C@H](COC(=O)c2ccccc2)[C@@H](O)[C@@H](OC(C)=O)[C@@H]1OC. The van der Waals surface area contributed by atoms with Gasteiger partial charge in [-0.15, -0.1) is 0 Å². The summed E-state index contributed by atoms with van der Waals surface area (Å²) in [6.07, 6.45) is -4.90. The van der Waals surface area contributed by atoms with Gasteiger partial charge in [0, 0.05) is 21.1 Å². The molecule has 1 saturated heterocycles. The summed E-state index contributed by atoms with van der Waals surface area (Å²) in [6.45, 7) is 0.990. The third-order valence-electron chi connectivity index (χ3n) is 3.81. The van der Waals surface area contributed by atoms with E-state index in [1.165, 1.54) is 21.1 Å². The van der Waals surface area contributed by atoms with Crippen LogP contribution in [-0.4, -0.2) is 68.6 Å². The van der Waals surface area contributed by atoms with Crippen molar-refractivity contribution in [2.75, 3.05) is 20.8 Å². The average molecular weight is 354 g/mol. The topological polar surface area (TPSA) is 101 Å². The van der Waals surface area contributed by atoms with Crippen LogP contribution in [0.15, 0.2) is 30.3 Å². The van der Waals surface area contributed by atoms with Gasteiger partial charge in [0.15, 0.2) is 12.4 Å². The largest absolute Gasteiger partial charge is 0.459 e. The number of hydrogen-bond acceptors (Lipinski definition) is 8. The van der Waals surface area contributed by atoms with Crippen LogP contribution in [0.1, 0.15) is 17.3 Å². The minimum Gasteiger partial charge on any atom is -0.459 e. The lowest BCUT2D eigenvalue weighted by atomic mass is 9.98. The van der Waals surface area contributed by atoms with Crippen LogP contribution in [0.4, 0.5) is 0 Å². The van der Waals surface area contributed by atoms with Gasteiger partial charge in [-0.2, -0.15) is 0 Å². The molecular weight excluding hydrogens is 332 g/mol. The Labute approximate surface area is 145 Å². The number of carbonyl (C=O) groups excluding carboxylic acids is 2. The number of rotatable bonds is 6. The third kappa shape index (κ3) is 4.76. The van der Waals surface area contributed by atoms with Crippen LogP contribution in [0.2, 0.25) is 0 Å². The van der Waals surface area contributed by atoms with Crippen molar-refractivity contribution in [2.24, 2.45) is 0 Å². The van der Waals surface area contributed by atoms with E-state index in [0.717, 1.165) is 0 Å². The van der Waals surface area contributed by atoms with Crippen LogP contribution in [-0.2, 0) is 28.5 Å². The first-order valence-electron chi connectivity index (χ1n) is 7.76. The van der Waals surface area contributed by atoms with E-state index in [9.17, 15) is 14.7 Å². The van der Waals surface area contributed by atoms with E-state index < -0.39 is 42.6 Å². The van der Waals surface area contributed by atoms with E-state index in [1.54, 1.807) is 30.3 Å². The second-order valence-electron chi connectivity index (χ2n) is 5.51. The van der Waals surface area contributed by atoms with Crippen LogP contribution in [0, 0.1) is 0 Å². The van der Waals surface area contributed by atoms with Gasteiger partial charge in [0.05, 0.1) is 5.56 Å². The van der Waals surface area contributed by atoms with Gasteiger partial charge in [0.25, 0.3) is 0 Å². The Hall–Kier alpha value is -2.00. The lowest BCUT2D eigenvalue weighted by molar-refractivity contribution is -0.301. The van der Waals surface area contributed by atoms with Gasteiger partial charge in [0.1, 0.15) is 24.9 Å². The molecule has 1 aliphatic heterocycles.